The second-order valence-electron chi connectivity index (χ2n) is 6.07. The highest BCUT2D eigenvalue weighted by molar-refractivity contribution is 5.33. The Morgan fingerprint density at radius 2 is 1.90 bits per heavy atom. The summed E-state index contributed by atoms with van der Waals surface area (Å²) < 4.78 is 5.35. The van der Waals surface area contributed by atoms with Gasteiger partial charge in [0.15, 0.2) is 5.82 Å². The highest BCUT2D eigenvalue weighted by atomic mass is 16.5. The van der Waals surface area contributed by atoms with Crippen LogP contribution in [-0.4, -0.2) is 21.4 Å². The first-order valence-corrected chi connectivity index (χ1v) is 7.77. The number of nitrogens with zero attached hydrogens (tertiary/aromatic N) is 2. The van der Waals surface area contributed by atoms with Crippen LogP contribution in [0.15, 0.2) is 34.9 Å². The maximum absolute atomic E-state index is 9.48. The van der Waals surface area contributed by atoms with Crippen LogP contribution in [-0.2, 0) is 11.8 Å². The molecule has 21 heavy (non-hydrogen) atoms. The van der Waals surface area contributed by atoms with Gasteiger partial charge in [-0.15, -0.1) is 0 Å². The van der Waals surface area contributed by atoms with Gasteiger partial charge >= 0.3 is 0 Å². The normalized spacial score (nSPS) is 19.3. The quantitative estimate of drug-likeness (QED) is 0.937. The molecule has 1 aromatic carbocycles. The van der Waals surface area contributed by atoms with Crippen molar-refractivity contribution in [3.63, 3.8) is 0 Å². The molecule has 0 radical (unpaired) electrons. The lowest BCUT2D eigenvalue weighted by molar-refractivity contribution is 0.181. The standard InChI is InChI=1S/C17H22N2O2/c1-13(20)12-15-18-16(19-21-15)17(10-6-3-7-11-17)14-8-4-2-5-9-14/h2,4-5,8-9,13,20H,3,6-7,10-12H2,1H3. The number of aliphatic hydroxyl groups is 1. The molecule has 3 rings (SSSR count). The molecule has 1 heterocycles. The molecule has 2 aromatic rings. The average molecular weight is 286 g/mol. The van der Waals surface area contributed by atoms with E-state index in [0.29, 0.717) is 12.3 Å². The van der Waals surface area contributed by atoms with Gasteiger partial charge in [-0.3, -0.25) is 0 Å². The van der Waals surface area contributed by atoms with Crippen LogP contribution in [0.1, 0.15) is 56.3 Å². The summed E-state index contributed by atoms with van der Waals surface area (Å²) in [6, 6.07) is 10.5. The number of aromatic nitrogens is 2. The highest BCUT2D eigenvalue weighted by Crippen LogP contribution is 2.43. The van der Waals surface area contributed by atoms with Crippen LogP contribution in [0, 0.1) is 0 Å². The summed E-state index contributed by atoms with van der Waals surface area (Å²) in [6.07, 6.45) is 5.72. The van der Waals surface area contributed by atoms with Gasteiger partial charge in [-0.25, -0.2) is 0 Å². The van der Waals surface area contributed by atoms with Crippen LogP contribution in [0.2, 0.25) is 0 Å². The highest BCUT2D eigenvalue weighted by Gasteiger charge is 2.39. The van der Waals surface area contributed by atoms with Gasteiger partial charge in [0.25, 0.3) is 0 Å². The number of hydrogen-bond acceptors (Lipinski definition) is 4. The third-order valence-electron chi connectivity index (χ3n) is 4.40. The second-order valence-corrected chi connectivity index (χ2v) is 6.07. The van der Waals surface area contributed by atoms with E-state index in [9.17, 15) is 5.11 Å². The van der Waals surface area contributed by atoms with Crippen LogP contribution in [0.3, 0.4) is 0 Å². The average Bonchev–Trinajstić information content (AvgIpc) is 2.97. The molecule has 0 aliphatic heterocycles. The summed E-state index contributed by atoms with van der Waals surface area (Å²) in [5, 5.41) is 13.7. The van der Waals surface area contributed by atoms with Crippen molar-refractivity contribution in [3.8, 4) is 0 Å². The monoisotopic (exact) mass is 286 g/mol. The first-order valence-electron chi connectivity index (χ1n) is 7.77. The lowest BCUT2D eigenvalue weighted by Crippen LogP contribution is -2.31. The van der Waals surface area contributed by atoms with Gasteiger partial charge in [-0.05, 0) is 25.3 Å². The molecule has 1 saturated carbocycles. The number of rotatable bonds is 4. The molecule has 112 valence electrons. The van der Waals surface area contributed by atoms with Crippen molar-refractivity contribution in [1.82, 2.24) is 10.1 Å². The van der Waals surface area contributed by atoms with Crippen molar-refractivity contribution in [1.29, 1.82) is 0 Å². The largest absolute Gasteiger partial charge is 0.393 e. The summed E-state index contributed by atoms with van der Waals surface area (Å²) in [4.78, 5) is 4.58. The molecule has 0 amide bonds. The molecule has 1 atom stereocenters. The lowest BCUT2D eigenvalue weighted by atomic mass is 9.69. The Kier molecular flexibility index (Phi) is 4.06. The van der Waals surface area contributed by atoms with E-state index in [0.717, 1.165) is 18.7 Å². The molecule has 1 aliphatic carbocycles. The Morgan fingerprint density at radius 1 is 1.19 bits per heavy atom. The second kappa shape index (κ2) is 5.98. The van der Waals surface area contributed by atoms with E-state index in [-0.39, 0.29) is 5.41 Å². The maximum Gasteiger partial charge on any atom is 0.229 e. The Hall–Kier alpha value is -1.68. The predicted octanol–water partition coefficient (Wildman–Crippen LogP) is 3.24. The van der Waals surface area contributed by atoms with Crippen LogP contribution >= 0.6 is 0 Å². The minimum absolute atomic E-state index is 0.125. The summed E-state index contributed by atoms with van der Waals surface area (Å²) in [5.74, 6) is 1.31. The minimum Gasteiger partial charge on any atom is -0.393 e. The minimum atomic E-state index is -0.461. The summed E-state index contributed by atoms with van der Waals surface area (Å²) in [5.41, 5.74) is 1.15. The van der Waals surface area contributed by atoms with Crippen LogP contribution in [0.25, 0.3) is 0 Å². The third-order valence-corrected chi connectivity index (χ3v) is 4.40. The molecule has 1 N–H and O–H groups in total. The summed E-state index contributed by atoms with van der Waals surface area (Å²) in [7, 11) is 0. The van der Waals surface area contributed by atoms with Gasteiger partial charge in [0.2, 0.25) is 5.89 Å². The summed E-state index contributed by atoms with van der Waals surface area (Å²) >= 11 is 0. The van der Waals surface area contributed by atoms with Gasteiger partial charge in [0, 0.05) is 0 Å². The molecule has 1 unspecified atom stereocenters. The Bertz CT molecular complexity index is 571. The SMILES string of the molecule is CC(O)Cc1nc(C2(c3ccccc3)CCCCC2)no1. The van der Waals surface area contributed by atoms with E-state index >= 15 is 0 Å². The van der Waals surface area contributed by atoms with Crippen molar-refractivity contribution in [3.05, 3.63) is 47.6 Å². The van der Waals surface area contributed by atoms with Crippen LogP contribution < -0.4 is 0 Å². The van der Waals surface area contributed by atoms with E-state index < -0.39 is 6.10 Å². The zero-order valence-electron chi connectivity index (χ0n) is 12.5. The molecule has 0 bridgehead atoms. The lowest BCUT2D eigenvalue weighted by Gasteiger charge is -2.34. The first kappa shape index (κ1) is 14.3. The zero-order chi connectivity index (χ0) is 14.7. The van der Waals surface area contributed by atoms with E-state index in [4.69, 9.17) is 4.52 Å². The van der Waals surface area contributed by atoms with Gasteiger partial charge in [-0.2, -0.15) is 4.98 Å². The van der Waals surface area contributed by atoms with E-state index in [1.54, 1.807) is 6.92 Å². The molecular weight excluding hydrogens is 264 g/mol. The third kappa shape index (κ3) is 2.86. The van der Waals surface area contributed by atoms with Gasteiger partial charge in [-0.1, -0.05) is 54.8 Å². The first-order chi connectivity index (χ1) is 10.2. The van der Waals surface area contributed by atoms with Gasteiger partial charge in [0.1, 0.15) is 0 Å². The Labute approximate surface area is 125 Å². The fraction of sp³-hybridized carbons (Fsp3) is 0.529. The van der Waals surface area contributed by atoms with Crippen molar-refractivity contribution >= 4 is 0 Å². The van der Waals surface area contributed by atoms with Crippen molar-refractivity contribution in [2.24, 2.45) is 0 Å². The van der Waals surface area contributed by atoms with Crippen molar-refractivity contribution in [2.75, 3.05) is 0 Å². The van der Waals surface area contributed by atoms with Crippen LogP contribution in [0.4, 0.5) is 0 Å². The molecule has 0 spiro atoms. The van der Waals surface area contributed by atoms with Gasteiger partial charge < -0.3 is 9.63 Å². The van der Waals surface area contributed by atoms with E-state index in [1.165, 1.54) is 24.8 Å². The number of aliphatic hydroxyl groups excluding tert-OH is 1. The fourth-order valence-electron chi connectivity index (χ4n) is 3.34. The molecule has 1 fully saturated rings. The summed E-state index contributed by atoms with van der Waals surface area (Å²) in [6.45, 7) is 1.73. The predicted molar refractivity (Wildman–Crippen MR) is 80.0 cm³/mol. The van der Waals surface area contributed by atoms with Gasteiger partial charge in [0.05, 0.1) is 17.9 Å². The topological polar surface area (TPSA) is 59.2 Å². The fourth-order valence-corrected chi connectivity index (χ4v) is 3.34. The molecule has 1 aliphatic rings. The molecular formula is C17H22N2O2. The maximum atomic E-state index is 9.48. The molecule has 0 saturated heterocycles. The smallest absolute Gasteiger partial charge is 0.229 e. The van der Waals surface area contributed by atoms with Crippen LogP contribution in [0.5, 0.6) is 0 Å². The van der Waals surface area contributed by atoms with Crippen molar-refractivity contribution < 1.29 is 9.63 Å². The Balaban J connectivity index is 1.98. The van der Waals surface area contributed by atoms with E-state index in [1.807, 2.05) is 6.07 Å². The number of benzene rings is 1. The molecule has 1 aromatic heterocycles. The van der Waals surface area contributed by atoms with Crippen molar-refractivity contribution in [2.45, 2.75) is 57.0 Å². The Morgan fingerprint density at radius 3 is 2.57 bits per heavy atom. The molecule has 4 heteroatoms. The molecule has 4 nitrogen and oxygen atoms in total. The van der Waals surface area contributed by atoms with E-state index in [2.05, 4.69) is 34.4 Å². The zero-order valence-corrected chi connectivity index (χ0v) is 12.5. The number of hydrogen-bond donors (Lipinski definition) is 1.